The van der Waals surface area contributed by atoms with Gasteiger partial charge in [0.2, 0.25) is 0 Å². The summed E-state index contributed by atoms with van der Waals surface area (Å²) in [5.74, 6) is 0.485. The van der Waals surface area contributed by atoms with Gasteiger partial charge in [0.1, 0.15) is 5.82 Å². The van der Waals surface area contributed by atoms with Crippen molar-refractivity contribution in [3.63, 3.8) is 0 Å². The maximum Gasteiger partial charge on any atom is 0.191 e. The molecule has 0 spiro atoms. The van der Waals surface area contributed by atoms with Crippen molar-refractivity contribution in [3.8, 4) is 0 Å². The zero-order valence-corrected chi connectivity index (χ0v) is 16.0. The van der Waals surface area contributed by atoms with Crippen molar-refractivity contribution in [1.82, 2.24) is 15.5 Å². The summed E-state index contributed by atoms with van der Waals surface area (Å²) >= 11 is 0. The van der Waals surface area contributed by atoms with Gasteiger partial charge in [-0.25, -0.2) is 4.39 Å². The first-order chi connectivity index (χ1) is 13.2. The molecular formula is C22H29FN4. The molecule has 0 atom stereocenters. The van der Waals surface area contributed by atoms with Crippen LogP contribution in [-0.2, 0) is 19.6 Å². The van der Waals surface area contributed by atoms with Gasteiger partial charge in [-0.15, -0.1) is 0 Å². The highest BCUT2D eigenvalue weighted by Crippen LogP contribution is 2.13. The van der Waals surface area contributed by atoms with E-state index in [0.29, 0.717) is 19.0 Å². The first kappa shape index (κ1) is 19.4. The van der Waals surface area contributed by atoms with E-state index in [9.17, 15) is 4.39 Å². The van der Waals surface area contributed by atoms with Crippen molar-refractivity contribution < 1.29 is 4.39 Å². The standard InChI is InChI=1S/C22H29FN4/c1-24-22(26-16-20-6-5-7-21(23)14-20)25-15-18-8-10-19(11-9-18)17-27-12-3-2-4-13-27/h5-11,14H,2-4,12-13,15-17H2,1H3,(H2,24,25,26). The Kier molecular flexibility index (Phi) is 7.22. The molecule has 3 rings (SSSR count). The Morgan fingerprint density at radius 2 is 1.59 bits per heavy atom. The van der Waals surface area contributed by atoms with Crippen LogP contribution in [0.3, 0.4) is 0 Å². The van der Waals surface area contributed by atoms with Crippen molar-refractivity contribution in [2.24, 2.45) is 4.99 Å². The molecule has 144 valence electrons. The lowest BCUT2D eigenvalue weighted by Gasteiger charge is -2.26. The lowest BCUT2D eigenvalue weighted by molar-refractivity contribution is 0.221. The average Bonchev–Trinajstić information content (AvgIpc) is 2.70. The zero-order valence-electron chi connectivity index (χ0n) is 16.0. The monoisotopic (exact) mass is 368 g/mol. The molecule has 0 radical (unpaired) electrons. The second-order valence-electron chi connectivity index (χ2n) is 7.06. The van der Waals surface area contributed by atoms with E-state index in [2.05, 4.69) is 44.8 Å². The summed E-state index contributed by atoms with van der Waals surface area (Å²) in [5, 5.41) is 6.52. The lowest BCUT2D eigenvalue weighted by Crippen LogP contribution is -2.36. The molecule has 1 heterocycles. The SMILES string of the molecule is CN=C(NCc1ccc(CN2CCCCC2)cc1)NCc1cccc(F)c1. The summed E-state index contributed by atoms with van der Waals surface area (Å²) in [6.07, 6.45) is 4.02. The third kappa shape index (κ3) is 6.36. The van der Waals surface area contributed by atoms with Crippen LogP contribution < -0.4 is 10.6 Å². The van der Waals surface area contributed by atoms with Crippen molar-refractivity contribution in [3.05, 3.63) is 71.0 Å². The maximum atomic E-state index is 13.2. The van der Waals surface area contributed by atoms with Crippen molar-refractivity contribution in [1.29, 1.82) is 0 Å². The molecule has 27 heavy (non-hydrogen) atoms. The molecule has 1 aliphatic heterocycles. The quantitative estimate of drug-likeness (QED) is 0.604. The Bertz CT molecular complexity index is 736. The van der Waals surface area contributed by atoms with Gasteiger partial charge in [0.25, 0.3) is 0 Å². The van der Waals surface area contributed by atoms with Crippen LogP contribution in [0.15, 0.2) is 53.5 Å². The van der Waals surface area contributed by atoms with Crippen LogP contribution in [0.2, 0.25) is 0 Å². The number of rotatable bonds is 6. The molecule has 2 aromatic rings. The van der Waals surface area contributed by atoms with Crippen LogP contribution in [0.4, 0.5) is 4.39 Å². The Hall–Kier alpha value is -2.40. The van der Waals surface area contributed by atoms with E-state index in [0.717, 1.165) is 12.1 Å². The molecule has 2 N–H and O–H groups in total. The van der Waals surface area contributed by atoms with Gasteiger partial charge in [-0.3, -0.25) is 9.89 Å². The number of hydrogen-bond acceptors (Lipinski definition) is 2. The number of aliphatic imine (C=N–C) groups is 1. The van der Waals surface area contributed by atoms with E-state index in [1.807, 2.05) is 6.07 Å². The molecule has 1 aliphatic rings. The van der Waals surface area contributed by atoms with E-state index < -0.39 is 0 Å². The summed E-state index contributed by atoms with van der Waals surface area (Å²) in [7, 11) is 1.74. The van der Waals surface area contributed by atoms with E-state index >= 15 is 0 Å². The number of likely N-dealkylation sites (tertiary alicyclic amines) is 1. The molecule has 5 heteroatoms. The second kappa shape index (κ2) is 10.1. The summed E-state index contributed by atoms with van der Waals surface area (Å²) in [4.78, 5) is 6.77. The van der Waals surface area contributed by atoms with Gasteiger partial charge in [-0.05, 0) is 54.8 Å². The minimum absolute atomic E-state index is 0.220. The first-order valence-electron chi connectivity index (χ1n) is 9.72. The number of hydrogen-bond donors (Lipinski definition) is 2. The van der Waals surface area contributed by atoms with E-state index in [1.165, 1.54) is 55.6 Å². The molecule has 2 aromatic carbocycles. The minimum atomic E-state index is -0.220. The number of guanidine groups is 1. The summed E-state index contributed by atoms with van der Waals surface area (Å²) in [5.41, 5.74) is 3.47. The summed E-state index contributed by atoms with van der Waals surface area (Å²) in [6, 6.07) is 15.4. The van der Waals surface area contributed by atoms with Crippen LogP contribution in [-0.4, -0.2) is 31.0 Å². The van der Waals surface area contributed by atoms with Gasteiger partial charge < -0.3 is 10.6 Å². The van der Waals surface area contributed by atoms with Gasteiger partial charge in [0.15, 0.2) is 5.96 Å². The van der Waals surface area contributed by atoms with Crippen LogP contribution in [0.25, 0.3) is 0 Å². The van der Waals surface area contributed by atoms with Gasteiger partial charge in [0.05, 0.1) is 0 Å². The van der Waals surface area contributed by atoms with Crippen LogP contribution in [0.5, 0.6) is 0 Å². The Balaban J connectivity index is 1.45. The van der Waals surface area contributed by atoms with Crippen LogP contribution >= 0.6 is 0 Å². The molecule has 0 bridgehead atoms. The second-order valence-corrected chi connectivity index (χ2v) is 7.06. The van der Waals surface area contributed by atoms with Crippen LogP contribution in [0.1, 0.15) is 36.0 Å². The molecule has 4 nitrogen and oxygen atoms in total. The Morgan fingerprint density at radius 3 is 2.26 bits per heavy atom. The van der Waals surface area contributed by atoms with Crippen molar-refractivity contribution in [2.45, 2.75) is 38.9 Å². The molecule has 0 saturated carbocycles. The number of piperidine rings is 1. The largest absolute Gasteiger partial charge is 0.352 e. The van der Waals surface area contributed by atoms with E-state index in [1.54, 1.807) is 13.1 Å². The molecular weight excluding hydrogens is 339 g/mol. The number of benzene rings is 2. The fourth-order valence-electron chi connectivity index (χ4n) is 3.38. The van der Waals surface area contributed by atoms with Gasteiger partial charge >= 0.3 is 0 Å². The molecule has 0 unspecified atom stereocenters. The third-order valence-corrected chi connectivity index (χ3v) is 4.91. The topological polar surface area (TPSA) is 39.7 Å². The van der Waals surface area contributed by atoms with Crippen molar-refractivity contribution >= 4 is 5.96 Å². The highest BCUT2D eigenvalue weighted by molar-refractivity contribution is 5.79. The number of nitrogens with one attached hydrogen (secondary N) is 2. The smallest absolute Gasteiger partial charge is 0.191 e. The van der Waals surface area contributed by atoms with Gasteiger partial charge in [-0.1, -0.05) is 42.8 Å². The van der Waals surface area contributed by atoms with Crippen molar-refractivity contribution in [2.75, 3.05) is 20.1 Å². The van der Waals surface area contributed by atoms with E-state index in [-0.39, 0.29) is 5.82 Å². The Labute approximate surface area is 161 Å². The van der Waals surface area contributed by atoms with Gasteiger partial charge in [0, 0.05) is 26.7 Å². The fourth-order valence-corrected chi connectivity index (χ4v) is 3.38. The third-order valence-electron chi connectivity index (χ3n) is 4.91. The summed E-state index contributed by atoms with van der Waals surface area (Å²) in [6.45, 7) is 4.72. The molecule has 0 amide bonds. The lowest BCUT2D eigenvalue weighted by atomic mass is 10.1. The zero-order chi connectivity index (χ0) is 18.9. The highest BCUT2D eigenvalue weighted by atomic mass is 19.1. The summed E-state index contributed by atoms with van der Waals surface area (Å²) < 4.78 is 13.2. The normalized spacial score (nSPS) is 15.6. The predicted molar refractivity (Wildman–Crippen MR) is 109 cm³/mol. The molecule has 0 aliphatic carbocycles. The average molecular weight is 368 g/mol. The first-order valence-corrected chi connectivity index (χ1v) is 9.72. The molecule has 0 aromatic heterocycles. The number of nitrogens with zero attached hydrogens (tertiary/aromatic N) is 2. The Morgan fingerprint density at radius 1 is 0.926 bits per heavy atom. The highest BCUT2D eigenvalue weighted by Gasteiger charge is 2.10. The number of halogens is 1. The maximum absolute atomic E-state index is 13.2. The fraction of sp³-hybridized carbons (Fsp3) is 0.409. The van der Waals surface area contributed by atoms with Crippen LogP contribution in [0, 0.1) is 5.82 Å². The molecule has 1 fully saturated rings. The minimum Gasteiger partial charge on any atom is -0.352 e. The van der Waals surface area contributed by atoms with Gasteiger partial charge in [-0.2, -0.15) is 0 Å². The predicted octanol–water partition coefficient (Wildman–Crippen LogP) is 3.68. The molecule has 1 saturated heterocycles. The van der Waals surface area contributed by atoms with E-state index in [4.69, 9.17) is 0 Å².